The average molecular weight is 343 g/mol. The minimum Gasteiger partial charge on any atom is -0.331 e. The fraction of sp³-hybridized carbons (Fsp3) is 0.353. The van der Waals surface area contributed by atoms with Gasteiger partial charge >= 0.3 is 0 Å². The molecular formula is C17H18FN5O2. The zero-order valence-electron chi connectivity index (χ0n) is 14.2. The molecule has 0 aliphatic heterocycles. The number of carbonyl (C=O) groups excluding carboxylic acids is 2. The van der Waals surface area contributed by atoms with E-state index in [-0.39, 0.29) is 23.6 Å². The molecule has 1 heterocycles. The van der Waals surface area contributed by atoms with E-state index in [4.69, 9.17) is 0 Å². The third-order valence-corrected chi connectivity index (χ3v) is 3.53. The SMILES string of the molecule is CC(C)(C)C(=O)Cn1cc(C(=O)N[C@@H](C#N)c2ccccc2F)nn1. The van der Waals surface area contributed by atoms with Gasteiger partial charge in [0, 0.05) is 11.0 Å². The Hall–Kier alpha value is -3.08. The summed E-state index contributed by atoms with van der Waals surface area (Å²) in [6.07, 6.45) is 1.31. The van der Waals surface area contributed by atoms with Gasteiger partial charge in [-0.2, -0.15) is 5.26 Å². The number of Topliss-reactive ketones (excluding diaryl/α,β-unsaturated/α-hetero) is 1. The molecule has 0 saturated heterocycles. The Labute approximate surface area is 144 Å². The molecule has 0 aliphatic rings. The molecule has 1 aromatic heterocycles. The zero-order valence-corrected chi connectivity index (χ0v) is 14.2. The molecule has 0 aliphatic carbocycles. The molecule has 1 N–H and O–H groups in total. The van der Waals surface area contributed by atoms with Crippen LogP contribution in [0.5, 0.6) is 0 Å². The molecule has 7 nitrogen and oxygen atoms in total. The fourth-order valence-electron chi connectivity index (χ4n) is 1.96. The van der Waals surface area contributed by atoms with E-state index in [0.29, 0.717) is 0 Å². The summed E-state index contributed by atoms with van der Waals surface area (Å²) in [6.45, 7) is 5.34. The maximum atomic E-state index is 13.8. The number of hydrogen-bond acceptors (Lipinski definition) is 5. The van der Waals surface area contributed by atoms with Crippen LogP contribution < -0.4 is 5.32 Å². The van der Waals surface area contributed by atoms with Gasteiger partial charge in [0.1, 0.15) is 18.4 Å². The lowest BCUT2D eigenvalue weighted by Gasteiger charge is -2.15. The van der Waals surface area contributed by atoms with Crippen molar-refractivity contribution < 1.29 is 14.0 Å². The maximum Gasteiger partial charge on any atom is 0.274 e. The molecule has 130 valence electrons. The number of carbonyl (C=O) groups is 2. The van der Waals surface area contributed by atoms with Gasteiger partial charge < -0.3 is 5.32 Å². The van der Waals surface area contributed by atoms with Gasteiger partial charge in [0.05, 0.1) is 12.3 Å². The fourth-order valence-corrected chi connectivity index (χ4v) is 1.96. The number of rotatable bonds is 5. The minimum atomic E-state index is -1.16. The van der Waals surface area contributed by atoms with Crippen LogP contribution in [0.4, 0.5) is 4.39 Å². The first kappa shape index (κ1) is 18.3. The maximum absolute atomic E-state index is 13.8. The van der Waals surface area contributed by atoms with Crippen molar-refractivity contribution in [2.24, 2.45) is 5.41 Å². The molecule has 0 radical (unpaired) electrons. The first-order valence-electron chi connectivity index (χ1n) is 7.60. The first-order chi connectivity index (χ1) is 11.7. The Balaban J connectivity index is 2.10. The van der Waals surface area contributed by atoms with Crippen molar-refractivity contribution in [2.75, 3.05) is 0 Å². The molecule has 1 atom stereocenters. The summed E-state index contributed by atoms with van der Waals surface area (Å²) in [5, 5.41) is 19.0. The number of halogens is 1. The Morgan fingerprint density at radius 1 is 1.36 bits per heavy atom. The first-order valence-corrected chi connectivity index (χ1v) is 7.60. The van der Waals surface area contributed by atoms with Crippen LogP contribution in [0.25, 0.3) is 0 Å². The second kappa shape index (κ2) is 7.21. The molecule has 2 aromatic rings. The van der Waals surface area contributed by atoms with Gasteiger partial charge in [0.25, 0.3) is 5.91 Å². The van der Waals surface area contributed by atoms with Crippen molar-refractivity contribution >= 4 is 11.7 Å². The predicted octanol–water partition coefficient (Wildman–Crippen LogP) is 2.03. The molecule has 0 saturated carbocycles. The number of aromatic nitrogens is 3. The molecule has 0 fully saturated rings. The Morgan fingerprint density at radius 2 is 2.04 bits per heavy atom. The molecule has 2 rings (SSSR count). The van der Waals surface area contributed by atoms with Crippen LogP contribution in [-0.2, 0) is 11.3 Å². The third-order valence-electron chi connectivity index (χ3n) is 3.53. The molecule has 0 unspecified atom stereocenters. The quantitative estimate of drug-likeness (QED) is 0.895. The highest BCUT2D eigenvalue weighted by Crippen LogP contribution is 2.17. The van der Waals surface area contributed by atoms with Gasteiger partial charge in [-0.3, -0.25) is 9.59 Å². The molecule has 8 heteroatoms. The van der Waals surface area contributed by atoms with E-state index < -0.39 is 23.2 Å². The Morgan fingerprint density at radius 3 is 2.64 bits per heavy atom. The summed E-state index contributed by atoms with van der Waals surface area (Å²) in [7, 11) is 0. The zero-order chi connectivity index (χ0) is 18.6. The van der Waals surface area contributed by atoms with Crippen molar-refractivity contribution in [1.29, 1.82) is 5.26 Å². The number of nitriles is 1. The lowest BCUT2D eigenvalue weighted by Crippen LogP contribution is -2.28. The summed E-state index contributed by atoms with van der Waals surface area (Å²) in [6, 6.07) is 6.37. The normalized spacial score (nSPS) is 12.3. The van der Waals surface area contributed by atoms with Crippen LogP contribution in [0.15, 0.2) is 30.5 Å². The van der Waals surface area contributed by atoms with E-state index in [1.807, 2.05) is 6.07 Å². The number of nitrogens with one attached hydrogen (secondary N) is 1. The van der Waals surface area contributed by atoms with Crippen molar-refractivity contribution in [3.8, 4) is 6.07 Å². The number of amides is 1. The van der Waals surface area contributed by atoms with Crippen molar-refractivity contribution in [1.82, 2.24) is 20.3 Å². The molecular weight excluding hydrogens is 325 g/mol. The van der Waals surface area contributed by atoms with Crippen LogP contribution in [0.3, 0.4) is 0 Å². The highest BCUT2D eigenvalue weighted by atomic mass is 19.1. The second-order valence-corrected chi connectivity index (χ2v) is 6.53. The Kier molecular flexibility index (Phi) is 5.27. The highest BCUT2D eigenvalue weighted by Gasteiger charge is 2.23. The van der Waals surface area contributed by atoms with Gasteiger partial charge in [0.2, 0.25) is 0 Å². The second-order valence-electron chi connectivity index (χ2n) is 6.53. The number of nitrogens with zero attached hydrogens (tertiary/aromatic N) is 4. The summed E-state index contributed by atoms with van der Waals surface area (Å²) in [5.41, 5.74) is -0.530. The summed E-state index contributed by atoms with van der Waals surface area (Å²) >= 11 is 0. The van der Waals surface area contributed by atoms with Crippen molar-refractivity contribution in [2.45, 2.75) is 33.4 Å². The largest absolute Gasteiger partial charge is 0.331 e. The lowest BCUT2D eigenvalue weighted by molar-refractivity contribution is -0.127. The van der Waals surface area contributed by atoms with Gasteiger partial charge in [-0.1, -0.05) is 44.2 Å². The smallest absolute Gasteiger partial charge is 0.274 e. The van der Waals surface area contributed by atoms with Gasteiger partial charge in [-0.25, -0.2) is 9.07 Å². The standard InChI is InChI=1S/C17H18FN5O2/c1-17(2,3)15(24)10-23-9-14(21-22-23)16(25)20-13(8-19)11-6-4-5-7-12(11)18/h4-7,9,13H,10H2,1-3H3,(H,20,25)/t13-/m0/s1. The van der Waals surface area contributed by atoms with Crippen LogP contribution in [-0.4, -0.2) is 26.7 Å². The van der Waals surface area contributed by atoms with E-state index in [0.717, 1.165) is 0 Å². The molecule has 0 spiro atoms. The monoisotopic (exact) mass is 343 g/mol. The number of ketones is 1. The summed E-state index contributed by atoms with van der Waals surface area (Å²) in [4.78, 5) is 24.2. The van der Waals surface area contributed by atoms with Crippen LogP contribution in [0, 0.1) is 22.6 Å². The number of benzene rings is 1. The van der Waals surface area contributed by atoms with Crippen LogP contribution in [0.2, 0.25) is 0 Å². The summed E-state index contributed by atoms with van der Waals surface area (Å²) in [5.74, 6) is -1.33. The van der Waals surface area contributed by atoms with E-state index >= 15 is 0 Å². The number of hydrogen-bond donors (Lipinski definition) is 1. The molecule has 25 heavy (non-hydrogen) atoms. The topological polar surface area (TPSA) is 101 Å². The minimum absolute atomic E-state index is 0.0151. The van der Waals surface area contributed by atoms with E-state index in [9.17, 15) is 19.2 Å². The predicted molar refractivity (Wildman–Crippen MR) is 86.7 cm³/mol. The lowest BCUT2D eigenvalue weighted by atomic mass is 9.91. The molecule has 0 bridgehead atoms. The van der Waals surface area contributed by atoms with E-state index in [2.05, 4.69) is 15.6 Å². The average Bonchev–Trinajstić information content (AvgIpc) is 3.01. The van der Waals surface area contributed by atoms with Crippen LogP contribution >= 0.6 is 0 Å². The van der Waals surface area contributed by atoms with Crippen molar-refractivity contribution in [3.05, 3.63) is 47.5 Å². The van der Waals surface area contributed by atoms with Crippen molar-refractivity contribution in [3.63, 3.8) is 0 Å². The van der Waals surface area contributed by atoms with Gasteiger partial charge in [0.15, 0.2) is 11.5 Å². The van der Waals surface area contributed by atoms with E-state index in [1.54, 1.807) is 26.8 Å². The highest BCUT2D eigenvalue weighted by molar-refractivity contribution is 5.92. The molecule has 1 aromatic carbocycles. The van der Waals surface area contributed by atoms with Gasteiger partial charge in [-0.05, 0) is 6.07 Å². The van der Waals surface area contributed by atoms with Gasteiger partial charge in [-0.15, -0.1) is 5.10 Å². The van der Waals surface area contributed by atoms with E-state index in [1.165, 1.54) is 29.1 Å². The van der Waals surface area contributed by atoms with Crippen LogP contribution in [0.1, 0.15) is 42.9 Å². The Bertz CT molecular complexity index is 832. The molecule has 1 amide bonds. The summed E-state index contributed by atoms with van der Waals surface area (Å²) < 4.78 is 15.0. The third kappa shape index (κ3) is 4.47.